The number of hydrogen-bond acceptors (Lipinski definition) is 7. The lowest BCUT2D eigenvalue weighted by Gasteiger charge is -2.08. The molecule has 0 saturated carbocycles. The molecule has 0 amide bonds. The maximum Gasteiger partial charge on any atom is 0.389 e. The lowest BCUT2D eigenvalue weighted by Crippen LogP contribution is -2.14. The van der Waals surface area contributed by atoms with Crippen molar-refractivity contribution in [1.29, 1.82) is 0 Å². The topological polar surface area (TPSA) is 142 Å². The smallest absolute Gasteiger partial charge is 0.389 e. The summed E-state index contributed by atoms with van der Waals surface area (Å²) in [5, 5.41) is 9.59. The van der Waals surface area contributed by atoms with E-state index in [1.165, 1.54) is 42.5 Å². The van der Waals surface area contributed by atoms with Crippen LogP contribution in [0.2, 0.25) is 0 Å². The molecule has 3 aromatic rings. The highest BCUT2D eigenvalue weighted by Crippen LogP contribution is 2.24. The van der Waals surface area contributed by atoms with Crippen molar-refractivity contribution in [2.24, 2.45) is 0 Å². The largest absolute Gasteiger partial charge is 0.478 e. The van der Waals surface area contributed by atoms with Crippen molar-refractivity contribution in [1.82, 2.24) is 0 Å². The third kappa shape index (κ3) is 9.22. The van der Waals surface area contributed by atoms with Gasteiger partial charge in [-0.05, 0) is 78.6 Å². The number of aryl methyl sites for hydroxylation is 1. The van der Waals surface area contributed by atoms with Crippen LogP contribution in [0.25, 0.3) is 6.08 Å². The minimum atomic E-state index is -4.47. The molecule has 0 atom stereocenters. The normalized spacial score (nSPS) is 11.6. The molecule has 0 fully saturated rings. The maximum absolute atomic E-state index is 12.4. The van der Waals surface area contributed by atoms with Gasteiger partial charge in [-0.25, -0.2) is 9.59 Å². The van der Waals surface area contributed by atoms with Gasteiger partial charge in [0.05, 0.1) is 18.4 Å². The summed E-state index contributed by atoms with van der Waals surface area (Å²) in [5.74, 6) is -2.65. The summed E-state index contributed by atoms with van der Waals surface area (Å²) < 4.78 is 46.7. The van der Waals surface area contributed by atoms with Crippen LogP contribution < -0.4 is 20.9 Å². The van der Waals surface area contributed by atoms with E-state index in [-0.39, 0.29) is 29.1 Å². The Bertz CT molecular complexity index is 1370. The second-order valence-corrected chi connectivity index (χ2v) is 8.51. The minimum absolute atomic E-state index is 0.0109. The van der Waals surface area contributed by atoms with Crippen LogP contribution in [0.3, 0.4) is 0 Å². The summed E-state index contributed by atoms with van der Waals surface area (Å²) in [6.45, 7) is 0. The van der Waals surface area contributed by atoms with Crippen LogP contribution in [0.4, 0.5) is 24.5 Å². The minimum Gasteiger partial charge on any atom is -0.478 e. The monoisotopic (exact) mass is 542 g/mol. The van der Waals surface area contributed by atoms with Crippen molar-refractivity contribution in [3.63, 3.8) is 0 Å². The molecule has 11 heteroatoms. The third-order valence-electron chi connectivity index (χ3n) is 5.47. The molecule has 0 heterocycles. The Morgan fingerprint density at radius 2 is 1.46 bits per heavy atom. The van der Waals surface area contributed by atoms with E-state index >= 15 is 0 Å². The number of aliphatic carboxylic acids is 1. The molecule has 8 nitrogen and oxygen atoms in total. The van der Waals surface area contributed by atoms with Crippen molar-refractivity contribution in [3.8, 4) is 11.5 Å². The van der Waals surface area contributed by atoms with E-state index < -0.39 is 36.9 Å². The zero-order chi connectivity index (χ0) is 28.6. The first-order chi connectivity index (χ1) is 18.4. The second-order valence-electron chi connectivity index (χ2n) is 8.51. The van der Waals surface area contributed by atoms with E-state index in [4.69, 9.17) is 20.9 Å². The van der Waals surface area contributed by atoms with Gasteiger partial charge < -0.3 is 26.0 Å². The van der Waals surface area contributed by atoms with Crippen molar-refractivity contribution in [2.45, 2.75) is 31.9 Å². The molecule has 0 aliphatic heterocycles. The predicted molar refractivity (Wildman–Crippen MR) is 138 cm³/mol. The van der Waals surface area contributed by atoms with Gasteiger partial charge in [0, 0.05) is 16.9 Å². The van der Waals surface area contributed by atoms with Gasteiger partial charge in [0.1, 0.15) is 11.5 Å². The number of rotatable bonds is 10. The molecule has 39 heavy (non-hydrogen) atoms. The number of nitrogens with two attached hydrogens (primary N) is 2. The average Bonchev–Trinajstić information content (AvgIpc) is 2.87. The molecule has 0 aliphatic carbocycles. The number of halogens is 3. The Balaban J connectivity index is 1.58. The van der Waals surface area contributed by atoms with Gasteiger partial charge in [-0.15, -0.1) is 0 Å². The number of alkyl halides is 3. The van der Waals surface area contributed by atoms with Crippen LogP contribution in [-0.2, 0) is 16.0 Å². The fraction of sp³-hybridized carbons (Fsp3) is 0.179. The van der Waals surface area contributed by atoms with E-state index in [1.807, 2.05) is 0 Å². The van der Waals surface area contributed by atoms with Gasteiger partial charge in [-0.3, -0.25) is 4.79 Å². The van der Waals surface area contributed by atoms with Gasteiger partial charge in [-0.1, -0.05) is 18.2 Å². The number of esters is 2. The van der Waals surface area contributed by atoms with Gasteiger partial charge >= 0.3 is 24.1 Å². The lowest BCUT2D eigenvalue weighted by molar-refractivity contribution is -0.151. The summed E-state index contributed by atoms with van der Waals surface area (Å²) in [7, 11) is 0. The lowest BCUT2D eigenvalue weighted by atomic mass is 10.0. The summed E-state index contributed by atoms with van der Waals surface area (Å²) >= 11 is 0. The predicted octanol–water partition coefficient (Wildman–Crippen LogP) is 5.42. The molecule has 0 bridgehead atoms. The molecular weight excluding hydrogens is 517 g/mol. The van der Waals surface area contributed by atoms with Gasteiger partial charge in [0.25, 0.3) is 0 Å². The SMILES string of the molecule is Nc1ccc(CC/C(=C\c2ccc(OC(=O)c3ccc(OC(=O)CCC(F)(F)F)cc3)cc2)C(=O)O)c(N)c1. The number of carboxylic acid groups (broad SMARTS) is 1. The number of carbonyl (C=O) groups excluding carboxylic acids is 2. The Morgan fingerprint density at radius 3 is 2.05 bits per heavy atom. The van der Waals surface area contributed by atoms with Crippen molar-refractivity contribution in [2.75, 3.05) is 11.5 Å². The van der Waals surface area contributed by atoms with Crippen LogP contribution in [0.1, 0.15) is 40.7 Å². The molecule has 3 rings (SSSR count). The summed E-state index contributed by atoms with van der Waals surface area (Å²) in [6, 6.07) is 16.4. The van der Waals surface area contributed by atoms with E-state index in [0.717, 1.165) is 5.56 Å². The van der Waals surface area contributed by atoms with E-state index in [9.17, 15) is 32.7 Å². The molecule has 0 radical (unpaired) electrons. The number of benzene rings is 3. The van der Waals surface area contributed by atoms with Crippen LogP contribution in [-0.4, -0.2) is 29.2 Å². The number of anilines is 2. The first-order valence-electron chi connectivity index (χ1n) is 11.7. The molecule has 0 saturated heterocycles. The fourth-order valence-electron chi connectivity index (χ4n) is 3.44. The summed E-state index contributed by atoms with van der Waals surface area (Å²) in [5.41, 5.74) is 14.3. The molecule has 0 unspecified atom stereocenters. The number of carbonyl (C=O) groups is 3. The highest BCUT2D eigenvalue weighted by molar-refractivity contribution is 5.92. The third-order valence-corrected chi connectivity index (χ3v) is 5.47. The Labute approximate surface area is 221 Å². The quantitative estimate of drug-likeness (QED) is 0.133. The van der Waals surface area contributed by atoms with Crippen LogP contribution >= 0.6 is 0 Å². The van der Waals surface area contributed by atoms with Crippen molar-refractivity contribution >= 4 is 35.4 Å². The standard InChI is InChI=1S/C28H25F3N2O6/c29-28(30,31)14-13-25(34)38-22-11-6-19(7-12-22)27(37)39-23-9-1-17(2-10-23)15-20(26(35)36)4-3-18-5-8-21(32)16-24(18)33/h1-2,5-12,15-16H,3-4,13-14,32-33H2,(H,35,36)/b20-15+. The first-order valence-corrected chi connectivity index (χ1v) is 11.7. The highest BCUT2D eigenvalue weighted by Gasteiger charge is 2.28. The van der Waals surface area contributed by atoms with Crippen molar-refractivity contribution in [3.05, 3.63) is 89.0 Å². The molecule has 204 valence electrons. The number of ether oxygens (including phenoxy) is 2. The zero-order valence-corrected chi connectivity index (χ0v) is 20.5. The summed E-state index contributed by atoms with van der Waals surface area (Å²) in [4.78, 5) is 35.7. The number of carboxylic acids is 1. The summed E-state index contributed by atoms with van der Waals surface area (Å²) in [6.07, 6.45) is -4.42. The second kappa shape index (κ2) is 12.6. The van der Waals surface area contributed by atoms with Crippen LogP contribution in [0.15, 0.2) is 72.3 Å². The highest BCUT2D eigenvalue weighted by atomic mass is 19.4. The average molecular weight is 543 g/mol. The van der Waals surface area contributed by atoms with Crippen LogP contribution in [0, 0.1) is 0 Å². The van der Waals surface area contributed by atoms with Crippen LogP contribution in [0.5, 0.6) is 11.5 Å². The van der Waals surface area contributed by atoms with Gasteiger partial charge in [0.15, 0.2) is 0 Å². The van der Waals surface area contributed by atoms with E-state index in [2.05, 4.69) is 0 Å². The molecular formula is C28H25F3N2O6. The molecule has 0 spiro atoms. The van der Waals surface area contributed by atoms with E-state index in [0.29, 0.717) is 23.4 Å². The number of nitrogen functional groups attached to an aromatic ring is 2. The first kappa shape index (κ1) is 28.8. The zero-order valence-electron chi connectivity index (χ0n) is 20.5. The fourth-order valence-corrected chi connectivity index (χ4v) is 3.44. The molecule has 3 aromatic carbocycles. The molecule has 0 aromatic heterocycles. The van der Waals surface area contributed by atoms with Gasteiger partial charge in [-0.2, -0.15) is 13.2 Å². The van der Waals surface area contributed by atoms with E-state index in [1.54, 1.807) is 30.3 Å². The van der Waals surface area contributed by atoms with Gasteiger partial charge in [0.2, 0.25) is 0 Å². The number of hydrogen-bond donors (Lipinski definition) is 3. The molecule has 0 aliphatic rings. The Hall–Kier alpha value is -4.80. The Morgan fingerprint density at radius 1 is 0.846 bits per heavy atom. The molecule has 5 N–H and O–H groups in total. The van der Waals surface area contributed by atoms with Crippen molar-refractivity contribution < 1.29 is 42.1 Å². The maximum atomic E-state index is 12.4. The Kier molecular flexibility index (Phi) is 9.32.